The predicted molar refractivity (Wildman–Crippen MR) is 82.6 cm³/mol. The number of nitrogens with one attached hydrogen (secondary N) is 2. The van der Waals surface area contributed by atoms with Crippen LogP contribution in [0.25, 0.3) is 0 Å². The zero-order valence-electron chi connectivity index (χ0n) is 11.2. The lowest BCUT2D eigenvalue weighted by Crippen LogP contribution is -2.36. The van der Waals surface area contributed by atoms with Crippen molar-refractivity contribution in [3.63, 3.8) is 0 Å². The van der Waals surface area contributed by atoms with Crippen molar-refractivity contribution in [1.29, 1.82) is 0 Å². The summed E-state index contributed by atoms with van der Waals surface area (Å²) in [5.74, 6) is -0.559. The van der Waals surface area contributed by atoms with Crippen molar-refractivity contribution in [3.8, 4) is 0 Å². The number of hydrogen-bond acceptors (Lipinski definition) is 3. The molecule has 5 nitrogen and oxygen atoms in total. The Bertz CT molecular complexity index is 632. The van der Waals surface area contributed by atoms with E-state index in [2.05, 4.69) is 31.5 Å². The van der Waals surface area contributed by atoms with Gasteiger partial charge in [-0.2, -0.15) is 0 Å². The van der Waals surface area contributed by atoms with Crippen LogP contribution in [0.15, 0.2) is 53.1 Å². The van der Waals surface area contributed by atoms with E-state index < -0.39 is 0 Å². The summed E-state index contributed by atoms with van der Waals surface area (Å²) in [6.45, 7) is 0.261. The second kappa shape index (κ2) is 7.54. The number of carbonyl (C=O) groups is 2. The summed E-state index contributed by atoms with van der Waals surface area (Å²) in [7, 11) is 0. The van der Waals surface area contributed by atoms with Crippen LogP contribution >= 0.6 is 15.9 Å². The summed E-state index contributed by atoms with van der Waals surface area (Å²) in [6.07, 6.45) is 1.66. The van der Waals surface area contributed by atoms with Crippen molar-refractivity contribution in [2.75, 3.05) is 6.54 Å². The molecule has 0 aliphatic rings. The Hall–Kier alpha value is -2.21. The zero-order chi connectivity index (χ0) is 15.1. The monoisotopic (exact) mass is 347 g/mol. The molecule has 0 saturated carbocycles. The van der Waals surface area contributed by atoms with Gasteiger partial charge in [-0.25, -0.2) is 0 Å². The van der Waals surface area contributed by atoms with Crippen molar-refractivity contribution in [3.05, 3.63) is 64.4 Å². The first-order valence-electron chi connectivity index (χ1n) is 6.36. The minimum atomic E-state index is -0.296. The van der Waals surface area contributed by atoms with Crippen molar-refractivity contribution >= 4 is 27.7 Å². The molecule has 2 aromatic rings. The van der Waals surface area contributed by atoms with Crippen LogP contribution in [0.3, 0.4) is 0 Å². The fraction of sp³-hybridized carbons (Fsp3) is 0.133. The zero-order valence-corrected chi connectivity index (χ0v) is 12.8. The number of nitrogens with zero attached hydrogens (tertiary/aromatic N) is 1. The molecule has 1 aromatic carbocycles. The topological polar surface area (TPSA) is 71.1 Å². The van der Waals surface area contributed by atoms with Crippen LogP contribution in [-0.4, -0.2) is 23.3 Å². The Morgan fingerprint density at radius 1 is 1.05 bits per heavy atom. The van der Waals surface area contributed by atoms with Gasteiger partial charge in [0.25, 0.3) is 5.91 Å². The molecule has 0 aliphatic carbocycles. The Kier molecular flexibility index (Phi) is 5.45. The van der Waals surface area contributed by atoms with E-state index in [-0.39, 0.29) is 18.4 Å². The van der Waals surface area contributed by atoms with E-state index >= 15 is 0 Å². The molecule has 0 bridgehead atoms. The fourth-order valence-electron chi connectivity index (χ4n) is 1.66. The number of hydrogen-bond donors (Lipinski definition) is 2. The van der Waals surface area contributed by atoms with Crippen molar-refractivity contribution in [1.82, 2.24) is 15.6 Å². The Morgan fingerprint density at radius 2 is 1.81 bits per heavy atom. The molecule has 0 unspecified atom stereocenters. The molecule has 1 heterocycles. The number of amides is 2. The van der Waals surface area contributed by atoms with Gasteiger partial charge in [0.1, 0.15) is 0 Å². The summed E-state index contributed by atoms with van der Waals surface area (Å²) < 4.78 is 0.691. The summed E-state index contributed by atoms with van der Waals surface area (Å²) in [5.41, 5.74) is 1.26. The quantitative estimate of drug-likeness (QED) is 0.867. The highest BCUT2D eigenvalue weighted by atomic mass is 79.9. The summed E-state index contributed by atoms with van der Waals surface area (Å²) >= 11 is 3.30. The van der Waals surface area contributed by atoms with Gasteiger partial charge < -0.3 is 10.6 Å². The van der Waals surface area contributed by atoms with Crippen LogP contribution < -0.4 is 10.6 Å². The lowest BCUT2D eigenvalue weighted by Gasteiger charge is -2.07. The second-order valence-corrected chi connectivity index (χ2v) is 5.11. The SMILES string of the molecule is O=C(CNC(=O)c1ccccc1Br)NCc1ccccn1. The minimum absolute atomic E-state index is 0.0764. The van der Waals surface area contributed by atoms with Crippen molar-refractivity contribution in [2.24, 2.45) is 0 Å². The third-order valence-corrected chi connectivity index (χ3v) is 3.41. The molecule has 0 radical (unpaired) electrons. The summed E-state index contributed by atoms with van der Waals surface area (Å²) in [5, 5.41) is 5.27. The maximum Gasteiger partial charge on any atom is 0.252 e. The van der Waals surface area contributed by atoms with E-state index in [0.717, 1.165) is 5.69 Å². The summed E-state index contributed by atoms with van der Waals surface area (Å²) in [4.78, 5) is 27.7. The number of pyridine rings is 1. The molecule has 2 rings (SSSR count). The first-order valence-corrected chi connectivity index (χ1v) is 7.15. The van der Waals surface area contributed by atoms with Crippen LogP contribution in [0, 0.1) is 0 Å². The number of rotatable bonds is 5. The fourth-order valence-corrected chi connectivity index (χ4v) is 2.12. The van der Waals surface area contributed by atoms with Crippen molar-refractivity contribution < 1.29 is 9.59 Å². The molecule has 108 valence electrons. The van der Waals surface area contributed by atoms with Gasteiger partial charge in [0, 0.05) is 10.7 Å². The number of carbonyl (C=O) groups excluding carboxylic acids is 2. The van der Waals surface area contributed by atoms with E-state index in [1.807, 2.05) is 24.3 Å². The van der Waals surface area contributed by atoms with Crippen LogP contribution in [0.2, 0.25) is 0 Å². The average Bonchev–Trinajstić information content (AvgIpc) is 2.52. The average molecular weight is 348 g/mol. The molecule has 0 aliphatic heterocycles. The van der Waals surface area contributed by atoms with E-state index in [4.69, 9.17) is 0 Å². The van der Waals surface area contributed by atoms with Crippen LogP contribution in [0.5, 0.6) is 0 Å². The highest BCUT2D eigenvalue weighted by Crippen LogP contribution is 2.15. The molecule has 2 N–H and O–H groups in total. The molecule has 21 heavy (non-hydrogen) atoms. The normalized spacial score (nSPS) is 9.95. The maximum atomic E-state index is 11.9. The number of halogens is 1. The van der Waals surface area contributed by atoms with Gasteiger partial charge in [-0.3, -0.25) is 14.6 Å². The third kappa shape index (κ3) is 4.68. The molecule has 0 fully saturated rings. The third-order valence-electron chi connectivity index (χ3n) is 2.72. The predicted octanol–water partition coefficient (Wildman–Crippen LogP) is 1.89. The van der Waals surface area contributed by atoms with E-state index in [1.54, 1.807) is 24.4 Å². The van der Waals surface area contributed by atoms with Crippen LogP contribution in [0.1, 0.15) is 16.1 Å². The molecule has 0 saturated heterocycles. The smallest absolute Gasteiger partial charge is 0.252 e. The largest absolute Gasteiger partial charge is 0.349 e. The molecule has 1 aromatic heterocycles. The number of benzene rings is 1. The maximum absolute atomic E-state index is 11.9. The Morgan fingerprint density at radius 3 is 2.52 bits per heavy atom. The first kappa shape index (κ1) is 15.2. The molecule has 6 heteroatoms. The van der Waals surface area contributed by atoms with Crippen LogP contribution in [-0.2, 0) is 11.3 Å². The Labute approximate surface area is 130 Å². The molecule has 0 spiro atoms. The lowest BCUT2D eigenvalue weighted by atomic mass is 10.2. The Balaban J connectivity index is 1.79. The highest BCUT2D eigenvalue weighted by Gasteiger charge is 2.10. The first-order chi connectivity index (χ1) is 10.2. The molecular formula is C15H14BrN3O2. The van der Waals surface area contributed by atoms with Gasteiger partial charge in [-0.1, -0.05) is 18.2 Å². The second-order valence-electron chi connectivity index (χ2n) is 4.26. The van der Waals surface area contributed by atoms with Gasteiger partial charge in [0.05, 0.1) is 24.3 Å². The van der Waals surface area contributed by atoms with Crippen LogP contribution in [0.4, 0.5) is 0 Å². The highest BCUT2D eigenvalue weighted by molar-refractivity contribution is 9.10. The van der Waals surface area contributed by atoms with E-state index in [0.29, 0.717) is 16.6 Å². The summed E-state index contributed by atoms with van der Waals surface area (Å²) in [6, 6.07) is 12.5. The van der Waals surface area contributed by atoms with Crippen molar-refractivity contribution in [2.45, 2.75) is 6.54 Å². The molecule has 0 atom stereocenters. The van der Waals surface area contributed by atoms with Gasteiger partial charge >= 0.3 is 0 Å². The number of aromatic nitrogens is 1. The van der Waals surface area contributed by atoms with Gasteiger partial charge in [0.2, 0.25) is 5.91 Å². The van der Waals surface area contributed by atoms with E-state index in [9.17, 15) is 9.59 Å². The molecular weight excluding hydrogens is 334 g/mol. The van der Waals surface area contributed by atoms with Gasteiger partial charge in [0.15, 0.2) is 0 Å². The lowest BCUT2D eigenvalue weighted by molar-refractivity contribution is -0.120. The molecule has 2 amide bonds. The van der Waals surface area contributed by atoms with Gasteiger partial charge in [-0.15, -0.1) is 0 Å². The van der Waals surface area contributed by atoms with E-state index in [1.165, 1.54) is 0 Å². The minimum Gasteiger partial charge on any atom is -0.349 e. The standard InChI is InChI=1S/C15H14BrN3O2/c16-13-7-2-1-6-12(13)15(21)19-10-14(20)18-9-11-5-3-4-8-17-11/h1-8H,9-10H2,(H,18,20)(H,19,21). The van der Waals surface area contributed by atoms with Gasteiger partial charge in [-0.05, 0) is 40.2 Å².